The fraction of sp³-hybridized carbons (Fsp3) is 0.300. The van der Waals surface area contributed by atoms with E-state index in [1.54, 1.807) is 0 Å². The van der Waals surface area contributed by atoms with Gasteiger partial charge in [0.25, 0.3) is 5.91 Å². The van der Waals surface area contributed by atoms with Gasteiger partial charge in [-0.1, -0.05) is 43.5 Å². The SMILES string of the molecule is C=C/C=C(\C=C)C(=O)NC(=S)NC1(c2cccc(F)c2F)COC(C(F)(F)F)C1CO. The largest absolute Gasteiger partial charge is 0.415 e. The second-order valence-corrected chi connectivity index (χ2v) is 7.01. The summed E-state index contributed by atoms with van der Waals surface area (Å²) < 4.78 is 73.7. The summed E-state index contributed by atoms with van der Waals surface area (Å²) in [6, 6.07) is 2.93. The van der Waals surface area contributed by atoms with Crippen LogP contribution in [0.5, 0.6) is 0 Å². The fourth-order valence-corrected chi connectivity index (χ4v) is 3.65. The van der Waals surface area contributed by atoms with Crippen LogP contribution in [0.15, 0.2) is 55.2 Å². The van der Waals surface area contributed by atoms with Gasteiger partial charge in [0.2, 0.25) is 0 Å². The summed E-state index contributed by atoms with van der Waals surface area (Å²) in [6.07, 6.45) is -3.60. The molecule has 1 saturated heterocycles. The number of hydrogen-bond donors (Lipinski definition) is 3. The van der Waals surface area contributed by atoms with Crippen molar-refractivity contribution in [2.75, 3.05) is 13.2 Å². The first kappa shape index (κ1) is 24.6. The van der Waals surface area contributed by atoms with Gasteiger partial charge in [-0.2, -0.15) is 13.2 Å². The lowest BCUT2D eigenvalue weighted by Gasteiger charge is -2.37. The summed E-state index contributed by atoms with van der Waals surface area (Å²) in [5, 5.41) is 13.9. The molecule has 0 radical (unpaired) electrons. The maximum Gasteiger partial charge on any atom is 0.415 e. The number of allylic oxidation sites excluding steroid dienone is 2. The third kappa shape index (κ3) is 5.00. The smallest absolute Gasteiger partial charge is 0.396 e. The van der Waals surface area contributed by atoms with Crippen molar-refractivity contribution in [3.05, 3.63) is 72.4 Å². The van der Waals surface area contributed by atoms with E-state index in [1.807, 2.05) is 0 Å². The van der Waals surface area contributed by atoms with E-state index in [0.29, 0.717) is 0 Å². The summed E-state index contributed by atoms with van der Waals surface area (Å²) >= 11 is 5.03. The van der Waals surface area contributed by atoms with Gasteiger partial charge in [-0.25, -0.2) is 8.78 Å². The molecule has 0 spiro atoms. The molecule has 0 aliphatic carbocycles. The van der Waals surface area contributed by atoms with Crippen molar-refractivity contribution >= 4 is 23.2 Å². The Kier molecular flexibility index (Phi) is 7.68. The van der Waals surface area contributed by atoms with Crippen LogP contribution in [0, 0.1) is 17.6 Å². The highest BCUT2D eigenvalue weighted by atomic mass is 32.1. The van der Waals surface area contributed by atoms with Gasteiger partial charge >= 0.3 is 6.18 Å². The van der Waals surface area contributed by atoms with E-state index in [0.717, 1.165) is 18.2 Å². The first-order chi connectivity index (χ1) is 14.5. The van der Waals surface area contributed by atoms with Crippen molar-refractivity contribution in [3.63, 3.8) is 0 Å². The van der Waals surface area contributed by atoms with Crippen molar-refractivity contribution in [1.29, 1.82) is 0 Å². The maximum atomic E-state index is 14.6. The van der Waals surface area contributed by atoms with Crippen molar-refractivity contribution in [3.8, 4) is 0 Å². The third-order valence-corrected chi connectivity index (χ3v) is 4.99. The van der Waals surface area contributed by atoms with E-state index in [-0.39, 0.29) is 5.57 Å². The highest BCUT2D eigenvalue weighted by Gasteiger charge is 2.61. The van der Waals surface area contributed by atoms with E-state index in [4.69, 9.17) is 17.0 Å². The Morgan fingerprint density at radius 3 is 2.58 bits per heavy atom. The molecule has 3 atom stereocenters. The number of alkyl halides is 3. The summed E-state index contributed by atoms with van der Waals surface area (Å²) in [5.41, 5.74) is -2.62. The number of ether oxygens (including phenoxy) is 1. The van der Waals surface area contributed by atoms with Crippen LogP contribution in [-0.4, -0.2) is 41.6 Å². The van der Waals surface area contributed by atoms with Crippen LogP contribution in [0.1, 0.15) is 5.56 Å². The van der Waals surface area contributed by atoms with Gasteiger partial charge in [0.05, 0.1) is 18.8 Å². The van der Waals surface area contributed by atoms with Crippen LogP contribution in [0.25, 0.3) is 0 Å². The Bertz CT molecular complexity index is 919. The average Bonchev–Trinajstić information content (AvgIpc) is 3.07. The highest BCUT2D eigenvalue weighted by Crippen LogP contribution is 2.46. The van der Waals surface area contributed by atoms with Crippen LogP contribution in [0.4, 0.5) is 22.0 Å². The van der Waals surface area contributed by atoms with E-state index in [9.17, 15) is 31.9 Å². The third-order valence-electron chi connectivity index (χ3n) is 4.78. The van der Waals surface area contributed by atoms with E-state index in [2.05, 4.69) is 23.8 Å². The number of halogens is 5. The minimum absolute atomic E-state index is 0.0414. The molecule has 1 aromatic rings. The standard InChI is InChI=1S/C20H19F5N2O3S/c1-3-6-11(4-2)17(29)26-18(31)27-19(12-7-5-8-14(21)15(12)22)10-30-16(13(19)9-28)20(23,24)25/h3-8,13,16,28H,1-2,9-10H2,(H2,26,27,29,31)/b11-6+. The molecule has 1 aliphatic heterocycles. The second kappa shape index (κ2) is 9.67. The Labute approximate surface area is 180 Å². The first-order valence-electron chi connectivity index (χ1n) is 8.84. The molecule has 1 amide bonds. The molecule has 5 nitrogen and oxygen atoms in total. The van der Waals surface area contributed by atoms with Crippen LogP contribution in [-0.2, 0) is 15.1 Å². The normalized spacial score (nSPS) is 23.9. The number of aliphatic hydroxyl groups excluding tert-OH is 1. The number of rotatable bonds is 6. The zero-order chi connectivity index (χ0) is 23.4. The highest BCUT2D eigenvalue weighted by molar-refractivity contribution is 7.80. The summed E-state index contributed by atoms with van der Waals surface area (Å²) in [4.78, 5) is 12.3. The molecule has 1 heterocycles. The lowest BCUT2D eigenvalue weighted by atomic mass is 9.77. The molecule has 0 aromatic heterocycles. The lowest BCUT2D eigenvalue weighted by Crippen LogP contribution is -2.58. The molecule has 1 aliphatic rings. The molecule has 1 aromatic carbocycles. The minimum Gasteiger partial charge on any atom is -0.396 e. The van der Waals surface area contributed by atoms with Gasteiger partial charge in [0.1, 0.15) is 0 Å². The molecule has 11 heteroatoms. The minimum atomic E-state index is -4.91. The monoisotopic (exact) mass is 462 g/mol. The number of aliphatic hydroxyl groups is 1. The Balaban J connectivity index is 2.49. The zero-order valence-electron chi connectivity index (χ0n) is 16.0. The zero-order valence-corrected chi connectivity index (χ0v) is 16.8. The van der Waals surface area contributed by atoms with Crippen molar-refractivity contribution < 1.29 is 36.6 Å². The Morgan fingerprint density at radius 2 is 2.03 bits per heavy atom. The molecule has 0 bridgehead atoms. The number of hydrogen-bond acceptors (Lipinski definition) is 4. The van der Waals surface area contributed by atoms with E-state index >= 15 is 0 Å². The second-order valence-electron chi connectivity index (χ2n) is 6.61. The van der Waals surface area contributed by atoms with Crippen LogP contribution in [0.2, 0.25) is 0 Å². The van der Waals surface area contributed by atoms with Gasteiger partial charge < -0.3 is 15.2 Å². The van der Waals surface area contributed by atoms with Gasteiger partial charge in [0.15, 0.2) is 22.9 Å². The molecular weight excluding hydrogens is 443 g/mol. The molecule has 1 fully saturated rings. The van der Waals surface area contributed by atoms with Crippen molar-refractivity contribution in [2.45, 2.75) is 17.8 Å². The molecule has 2 rings (SSSR count). The predicted molar refractivity (Wildman–Crippen MR) is 107 cm³/mol. The molecule has 168 valence electrons. The quantitative estimate of drug-likeness (QED) is 0.263. The van der Waals surface area contributed by atoms with Crippen molar-refractivity contribution in [1.82, 2.24) is 10.6 Å². The van der Waals surface area contributed by atoms with E-state index in [1.165, 1.54) is 18.2 Å². The topological polar surface area (TPSA) is 70.6 Å². The van der Waals surface area contributed by atoms with Crippen LogP contribution >= 0.6 is 12.2 Å². The number of thiocarbonyl (C=S) groups is 1. The summed E-state index contributed by atoms with van der Waals surface area (Å²) in [7, 11) is 0. The fourth-order valence-electron chi connectivity index (χ4n) is 3.37. The van der Waals surface area contributed by atoms with Crippen molar-refractivity contribution in [2.24, 2.45) is 5.92 Å². The molecule has 3 N–H and O–H groups in total. The van der Waals surface area contributed by atoms with Crippen LogP contribution < -0.4 is 10.6 Å². The van der Waals surface area contributed by atoms with Gasteiger partial charge in [-0.05, 0) is 18.3 Å². The molecule has 0 saturated carbocycles. The number of benzene rings is 1. The average molecular weight is 462 g/mol. The maximum absolute atomic E-state index is 14.6. The molecule has 31 heavy (non-hydrogen) atoms. The summed E-state index contributed by atoms with van der Waals surface area (Å²) in [6.45, 7) is 4.97. The molecular formula is C20H19F5N2O3S. The summed E-state index contributed by atoms with van der Waals surface area (Å²) in [5.74, 6) is -5.33. The Hall–Kier alpha value is -2.63. The molecule has 3 unspecified atom stereocenters. The van der Waals surface area contributed by atoms with E-state index < -0.39 is 65.2 Å². The number of carbonyl (C=O) groups excluding carboxylic acids is 1. The van der Waals surface area contributed by atoms with Crippen LogP contribution in [0.3, 0.4) is 0 Å². The number of carbonyl (C=O) groups is 1. The number of amides is 1. The predicted octanol–water partition coefficient (Wildman–Crippen LogP) is 3.02. The Morgan fingerprint density at radius 1 is 1.35 bits per heavy atom. The number of nitrogens with one attached hydrogen (secondary N) is 2. The first-order valence-corrected chi connectivity index (χ1v) is 9.25. The van der Waals surface area contributed by atoms with Gasteiger partial charge in [-0.15, -0.1) is 0 Å². The van der Waals surface area contributed by atoms with Gasteiger partial charge in [0, 0.05) is 17.1 Å². The van der Waals surface area contributed by atoms with Gasteiger partial charge in [-0.3, -0.25) is 10.1 Å². The lowest BCUT2D eigenvalue weighted by molar-refractivity contribution is -0.219.